The number of rotatable bonds is 5. The highest BCUT2D eigenvalue weighted by molar-refractivity contribution is 7.80. The van der Waals surface area contributed by atoms with E-state index in [0.29, 0.717) is 5.75 Å². The predicted molar refractivity (Wildman–Crippen MR) is 59.2 cm³/mol. The lowest BCUT2D eigenvalue weighted by Gasteiger charge is -2.06. The monoisotopic (exact) mass is 196 g/mol. The zero-order valence-corrected chi connectivity index (χ0v) is 8.58. The van der Waals surface area contributed by atoms with Crippen molar-refractivity contribution in [2.45, 2.75) is 25.4 Å². The van der Waals surface area contributed by atoms with Crippen LogP contribution in [0.5, 0.6) is 0 Å². The summed E-state index contributed by atoms with van der Waals surface area (Å²) < 4.78 is 0. The fourth-order valence-electron chi connectivity index (χ4n) is 1.28. The predicted octanol–water partition coefficient (Wildman–Crippen LogP) is 2.30. The van der Waals surface area contributed by atoms with Gasteiger partial charge >= 0.3 is 0 Å². The Morgan fingerprint density at radius 1 is 1.23 bits per heavy atom. The number of thiol groups is 1. The molecule has 0 aliphatic rings. The highest BCUT2D eigenvalue weighted by Gasteiger charge is 2.00. The molecule has 0 fully saturated rings. The van der Waals surface area contributed by atoms with Gasteiger partial charge in [-0.3, -0.25) is 0 Å². The second-order valence-corrected chi connectivity index (χ2v) is 3.58. The normalized spacial score (nSPS) is 12.8. The van der Waals surface area contributed by atoms with Crippen molar-refractivity contribution in [3.8, 4) is 0 Å². The van der Waals surface area contributed by atoms with Crippen LogP contribution in [0.15, 0.2) is 30.3 Å². The molecular weight excluding hydrogens is 180 g/mol. The van der Waals surface area contributed by atoms with Gasteiger partial charge in [0.25, 0.3) is 0 Å². The molecule has 1 rings (SSSR count). The van der Waals surface area contributed by atoms with Crippen LogP contribution in [0, 0.1) is 0 Å². The van der Waals surface area contributed by atoms with Crippen LogP contribution in [0.3, 0.4) is 0 Å². The van der Waals surface area contributed by atoms with E-state index in [2.05, 4.69) is 24.8 Å². The Morgan fingerprint density at radius 2 is 1.92 bits per heavy atom. The number of aryl methyl sites for hydroxylation is 1. The number of benzene rings is 1. The van der Waals surface area contributed by atoms with Gasteiger partial charge in [-0.15, -0.1) is 0 Å². The maximum absolute atomic E-state index is 9.26. The van der Waals surface area contributed by atoms with Crippen LogP contribution in [0.25, 0.3) is 0 Å². The van der Waals surface area contributed by atoms with Gasteiger partial charge in [-0.25, -0.2) is 0 Å². The lowest BCUT2D eigenvalue weighted by Crippen LogP contribution is -2.08. The molecule has 0 aromatic heterocycles. The van der Waals surface area contributed by atoms with Crippen molar-refractivity contribution in [2.24, 2.45) is 0 Å². The first-order valence-corrected chi connectivity index (χ1v) is 5.29. The minimum absolute atomic E-state index is 0.243. The largest absolute Gasteiger partial charge is 0.392 e. The molecule has 13 heavy (non-hydrogen) atoms. The van der Waals surface area contributed by atoms with E-state index in [0.717, 1.165) is 19.3 Å². The number of aliphatic hydroxyl groups excluding tert-OH is 1. The van der Waals surface area contributed by atoms with Gasteiger partial charge in [0, 0.05) is 5.75 Å². The average molecular weight is 196 g/mol. The Labute approximate surface area is 85.2 Å². The van der Waals surface area contributed by atoms with Crippen LogP contribution in [0.4, 0.5) is 0 Å². The summed E-state index contributed by atoms with van der Waals surface area (Å²) in [6, 6.07) is 10.3. The molecule has 1 N–H and O–H groups in total. The maximum atomic E-state index is 9.26. The molecule has 1 atom stereocenters. The van der Waals surface area contributed by atoms with E-state index in [1.165, 1.54) is 5.56 Å². The van der Waals surface area contributed by atoms with Crippen LogP contribution in [-0.4, -0.2) is 17.0 Å². The second-order valence-electron chi connectivity index (χ2n) is 3.21. The molecule has 0 aliphatic carbocycles. The molecule has 1 aromatic carbocycles. The van der Waals surface area contributed by atoms with Gasteiger partial charge < -0.3 is 5.11 Å². The van der Waals surface area contributed by atoms with Crippen LogP contribution in [0.2, 0.25) is 0 Å². The summed E-state index contributed by atoms with van der Waals surface area (Å²) in [6.07, 6.45) is 2.68. The highest BCUT2D eigenvalue weighted by atomic mass is 32.1. The van der Waals surface area contributed by atoms with E-state index >= 15 is 0 Å². The second kappa shape index (κ2) is 6.06. The first-order valence-electron chi connectivity index (χ1n) is 4.66. The highest BCUT2D eigenvalue weighted by Crippen LogP contribution is 2.06. The molecule has 0 bridgehead atoms. The van der Waals surface area contributed by atoms with Gasteiger partial charge in [-0.05, 0) is 24.8 Å². The van der Waals surface area contributed by atoms with Gasteiger partial charge in [-0.1, -0.05) is 30.3 Å². The van der Waals surface area contributed by atoms with E-state index in [-0.39, 0.29) is 6.10 Å². The zero-order chi connectivity index (χ0) is 9.52. The average Bonchev–Trinajstić information content (AvgIpc) is 2.19. The van der Waals surface area contributed by atoms with E-state index < -0.39 is 0 Å². The minimum Gasteiger partial charge on any atom is -0.392 e. The molecule has 1 aromatic rings. The van der Waals surface area contributed by atoms with Gasteiger partial charge in [0.2, 0.25) is 0 Å². The van der Waals surface area contributed by atoms with Crippen LogP contribution in [-0.2, 0) is 6.42 Å². The standard InChI is InChI=1S/C11H16OS/c12-11(9-13)8-4-7-10-5-2-1-3-6-10/h1-3,5-6,11-13H,4,7-9H2. The van der Waals surface area contributed by atoms with Crippen molar-refractivity contribution >= 4 is 12.6 Å². The molecule has 1 nitrogen and oxygen atoms in total. The summed E-state index contributed by atoms with van der Waals surface area (Å²) in [4.78, 5) is 0. The van der Waals surface area contributed by atoms with Crippen molar-refractivity contribution in [1.82, 2.24) is 0 Å². The van der Waals surface area contributed by atoms with Crippen LogP contribution in [0.1, 0.15) is 18.4 Å². The molecule has 0 amide bonds. The quantitative estimate of drug-likeness (QED) is 0.692. The molecule has 0 saturated heterocycles. The van der Waals surface area contributed by atoms with Gasteiger partial charge in [-0.2, -0.15) is 12.6 Å². The van der Waals surface area contributed by atoms with E-state index in [4.69, 9.17) is 0 Å². The number of aliphatic hydroxyl groups is 1. The smallest absolute Gasteiger partial charge is 0.0628 e. The Kier molecular flexibility index (Phi) is 4.94. The van der Waals surface area contributed by atoms with E-state index in [9.17, 15) is 5.11 Å². The van der Waals surface area contributed by atoms with Crippen molar-refractivity contribution < 1.29 is 5.11 Å². The SMILES string of the molecule is OC(CS)CCCc1ccccc1. The first kappa shape index (κ1) is 10.6. The van der Waals surface area contributed by atoms with Crippen LogP contribution >= 0.6 is 12.6 Å². The third kappa shape index (κ3) is 4.34. The summed E-state index contributed by atoms with van der Waals surface area (Å²) in [5.41, 5.74) is 1.34. The van der Waals surface area contributed by atoms with Gasteiger partial charge in [0.15, 0.2) is 0 Å². The molecule has 72 valence electrons. The summed E-state index contributed by atoms with van der Waals surface area (Å²) in [5.74, 6) is 0.564. The fraction of sp³-hybridized carbons (Fsp3) is 0.455. The number of hydrogen-bond acceptors (Lipinski definition) is 2. The van der Waals surface area contributed by atoms with Gasteiger partial charge in [0.1, 0.15) is 0 Å². The van der Waals surface area contributed by atoms with Crippen molar-refractivity contribution in [3.05, 3.63) is 35.9 Å². The van der Waals surface area contributed by atoms with E-state index in [1.807, 2.05) is 18.2 Å². The first-order chi connectivity index (χ1) is 6.33. The Hall–Kier alpha value is -0.470. The molecule has 0 saturated carbocycles. The third-order valence-corrected chi connectivity index (χ3v) is 2.48. The Bertz CT molecular complexity index is 223. The molecule has 0 radical (unpaired) electrons. The maximum Gasteiger partial charge on any atom is 0.0628 e. The molecular formula is C11H16OS. The van der Waals surface area contributed by atoms with E-state index in [1.54, 1.807) is 0 Å². The third-order valence-electron chi connectivity index (χ3n) is 2.06. The summed E-state index contributed by atoms with van der Waals surface area (Å²) >= 11 is 4.03. The summed E-state index contributed by atoms with van der Waals surface area (Å²) in [6.45, 7) is 0. The van der Waals surface area contributed by atoms with Crippen LogP contribution < -0.4 is 0 Å². The van der Waals surface area contributed by atoms with Crippen molar-refractivity contribution in [2.75, 3.05) is 5.75 Å². The van der Waals surface area contributed by atoms with Crippen molar-refractivity contribution in [1.29, 1.82) is 0 Å². The zero-order valence-electron chi connectivity index (χ0n) is 7.69. The Balaban J connectivity index is 2.20. The lowest BCUT2D eigenvalue weighted by molar-refractivity contribution is 0.186. The molecule has 2 heteroatoms. The molecule has 0 spiro atoms. The minimum atomic E-state index is -0.243. The fourth-order valence-corrected chi connectivity index (χ4v) is 1.46. The summed E-state index contributed by atoms with van der Waals surface area (Å²) in [7, 11) is 0. The molecule has 1 unspecified atom stereocenters. The topological polar surface area (TPSA) is 20.2 Å². The summed E-state index contributed by atoms with van der Waals surface area (Å²) in [5, 5.41) is 9.26. The molecule has 0 aliphatic heterocycles. The number of hydrogen-bond donors (Lipinski definition) is 2. The van der Waals surface area contributed by atoms with Gasteiger partial charge in [0.05, 0.1) is 6.10 Å². The Morgan fingerprint density at radius 3 is 2.54 bits per heavy atom. The lowest BCUT2D eigenvalue weighted by atomic mass is 10.1. The molecule has 0 heterocycles. The van der Waals surface area contributed by atoms with Crippen molar-refractivity contribution in [3.63, 3.8) is 0 Å².